The number of carbonyl (C=O) groups is 1. The lowest BCUT2D eigenvalue weighted by molar-refractivity contribution is -0.119. The number of nitrogens with one attached hydrogen (secondary N) is 1. The van der Waals surface area contributed by atoms with Gasteiger partial charge in [0.1, 0.15) is 0 Å². The summed E-state index contributed by atoms with van der Waals surface area (Å²) in [5.74, 6) is -1.81. The number of hydrogen-bond donors (Lipinski definition) is 1. The van der Waals surface area contributed by atoms with E-state index in [1.165, 1.54) is 19.1 Å². The maximum Gasteiger partial charge on any atom is 0.217 e. The van der Waals surface area contributed by atoms with Crippen molar-refractivity contribution in [1.29, 1.82) is 0 Å². The molecule has 1 amide bonds. The highest BCUT2D eigenvalue weighted by Gasteiger charge is 2.08. The molecule has 1 atom stereocenters. The summed E-state index contributed by atoms with van der Waals surface area (Å²) in [5, 5.41) is 2.79. The summed E-state index contributed by atoms with van der Waals surface area (Å²) in [6.07, 6.45) is 0. The van der Waals surface area contributed by atoms with Gasteiger partial charge in [0, 0.05) is 6.92 Å². The maximum absolute atomic E-state index is 13.2. The van der Waals surface area contributed by atoms with Crippen molar-refractivity contribution in [2.24, 2.45) is 0 Å². The molecule has 0 aliphatic rings. The summed E-state index contributed by atoms with van der Waals surface area (Å²) in [6.45, 7) is 3.35. The van der Waals surface area contributed by atoms with Gasteiger partial charge in [0.2, 0.25) is 5.91 Å². The summed E-state index contributed by atoms with van der Waals surface area (Å²) in [4.78, 5) is 11.0. The van der Waals surface area contributed by atoms with Crippen LogP contribution in [0.4, 0.5) is 8.78 Å². The van der Waals surface area contributed by atoms with Crippen LogP contribution < -0.4 is 5.32 Å². The van der Waals surface area contributed by atoms with Gasteiger partial charge < -0.3 is 5.32 Å². The van der Waals surface area contributed by atoms with Gasteiger partial charge in [-0.25, -0.2) is 8.78 Å². The second kappa shape index (κ2) is 5.82. The van der Waals surface area contributed by atoms with E-state index in [1.807, 2.05) is 31.2 Å². The number of benzene rings is 2. The summed E-state index contributed by atoms with van der Waals surface area (Å²) >= 11 is 0. The van der Waals surface area contributed by atoms with E-state index >= 15 is 0 Å². The number of amides is 1. The third-order valence-corrected chi connectivity index (χ3v) is 3.08. The first kappa shape index (κ1) is 14.2. The monoisotopic (exact) mass is 275 g/mol. The van der Waals surface area contributed by atoms with E-state index in [1.54, 1.807) is 0 Å². The molecular weight excluding hydrogens is 260 g/mol. The minimum Gasteiger partial charge on any atom is -0.350 e. The van der Waals surface area contributed by atoms with Crippen molar-refractivity contribution in [3.8, 4) is 11.1 Å². The first-order valence-corrected chi connectivity index (χ1v) is 6.30. The fraction of sp³-hybridized carbons (Fsp3) is 0.188. The van der Waals surface area contributed by atoms with Gasteiger partial charge in [-0.3, -0.25) is 4.79 Å². The Morgan fingerprint density at radius 3 is 2.15 bits per heavy atom. The van der Waals surface area contributed by atoms with Crippen molar-refractivity contribution in [2.45, 2.75) is 19.9 Å². The Bertz CT molecular complexity index is 623. The molecule has 0 aliphatic heterocycles. The molecule has 0 unspecified atom stereocenters. The Kier molecular flexibility index (Phi) is 4.13. The first-order valence-electron chi connectivity index (χ1n) is 6.30. The largest absolute Gasteiger partial charge is 0.350 e. The highest BCUT2D eigenvalue weighted by Crippen LogP contribution is 2.23. The Morgan fingerprint density at radius 1 is 1.00 bits per heavy atom. The molecule has 0 radical (unpaired) electrons. The van der Waals surface area contributed by atoms with Crippen LogP contribution in [0, 0.1) is 11.6 Å². The van der Waals surface area contributed by atoms with E-state index in [0.29, 0.717) is 5.56 Å². The van der Waals surface area contributed by atoms with E-state index < -0.39 is 11.6 Å². The van der Waals surface area contributed by atoms with E-state index in [9.17, 15) is 13.6 Å². The van der Waals surface area contributed by atoms with Gasteiger partial charge in [-0.1, -0.05) is 30.3 Å². The second-order valence-electron chi connectivity index (χ2n) is 4.67. The predicted octanol–water partition coefficient (Wildman–Crippen LogP) is 3.83. The number of hydrogen-bond acceptors (Lipinski definition) is 1. The van der Waals surface area contributed by atoms with Crippen LogP contribution in [0.5, 0.6) is 0 Å². The molecule has 2 aromatic rings. The van der Waals surface area contributed by atoms with Gasteiger partial charge >= 0.3 is 0 Å². The van der Waals surface area contributed by atoms with Crippen LogP contribution in [0.2, 0.25) is 0 Å². The SMILES string of the molecule is CC(=O)N[C@H](C)c1ccc(-c2ccc(F)c(F)c2)cc1. The highest BCUT2D eigenvalue weighted by molar-refractivity contribution is 5.73. The van der Waals surface area contributed by atoms with E-state index in [4.69, 9.17) is 0 Å². The van der Waals surface area contributed by atoms with Crippen LogP contribution in [0.1, 0.15) is 25.5 Å². The molecule has 0 aromatic heterocycles. The fourth-order valence-corrected chi connectivity index (χ4v) is 2.03. The first-order chi connectivity index (χ1) is 9.47. The zero-order valence-electron chi connectivity index (χ0n) is 11.3. The van der Waals surface area contributed by atoms with E-state index in [0.717, 1.165) is 17.2 Å². The van der Waals surface area contributed by atoms with Crippen LogP contribution in [0.25, 0.3) is 11.1 Å². The number of rotatable bonds is 3. The minimum atomic E-state index is -0.863. The van der Waals surface area contributed by atoms with Gasteiger partial charge in [-0.2, -0.15) is 0 Å². The third-order valence-electron chi connectivity index (χ3n) is 3.08. The molecule has 20 heavy (non-hydrogen) atoms. The standard InChI is InChI=1S/C16H15F2NO/c1-10(19-11(2)20)12-3-5-13(6-4-12)14-7-8-15(17)16(18)9-14/h3-10H,1-2H3,(H,19,20)/t10-/m1/s1. The van der Waals surface area contributed by atoms with Crippen LogP contribution in [-0.4, -0.2) is 5.91 Å². The Hall–Kier alpha value is -2.23. The van der Waals surface area contributed by atoms with Crippen molar-refractivity contribution in [3.05, 3.63) is 59.7 Å². The van der Waals surface area contributed by atoms with Gasteiger partial charge in [-0.05, 0) is 35.7 Å². The highest BCUT2D eigenvalue weighted by atomic mass is 19.2. The van der Waals surface area contributed by atoms with Crippen molar-refractivity contribution in [1.82, 2.24) is 5.32 Å². The zero-order valence-corrected chi connectivity index (χ0v) is 11.3. The zero-order chi connectivity index (χ0) is 14.7. The van der Waals surface area contributed by atoms with Crippen molar-refractivity contribution in [2.75, 3.05) is 0 Å². The topological polar surface area (TPSA) is 29.1 Å². The van der Waals surface area contributed by atoms with Crippen molar-refractivity contribution < 1.29 is 13.6 Å². The molecule has 0 saturated heterocycles. The van der Waals surface area contributed by atoms with Crippen LogP contribution in [0.15, 0.2) is 42.5 Å². The summed E-state index contributed by atoms with van der Waals surface area (Å²) in [7, 11) is 0. The molecule has 0 spiro atoms. The number of halogens is 2. The molecule has 2 rings (SSSR count). The van der Waals surface area contributed by atoms with Crippen molar-refractivity contribution >= 4 is 5.91 Å². The van der Waals surface area contributed by atoms with Gasteiger partial charge in [0.05, 0.1) is 6.04 Å². The Labute approximate surface area is 116 Å². The lowest BCUT2D eigenvalue weighted by atomic mass is 10.0. The molecule has 2 nitrogen and oxygen atoms in total. The molecular formula is C16H15F2NO. The molecule has 2 aromatic carbocycles. The molecule has 1 N–H and O–H groups in total. The summed E-state index contributed by atoms with van der Waals surface area (Å²) in [6, 6.07) is 11.1. The second-order valence-corrected chi connectivity index (χ2v) is 4.67. The average molecular weight is 275 g/mol. The van der Waals surface area contributed by atoms with Gasteiger partial charge in [0.15, 0.2) is 11.6 Å². The predicted molar refractivity (Wildman–Crippen MR) is 74.0 cm³/mol. The molecule has 0 heterocycles. The Morgan fingerprint density at radius 2 is 1.60 bits per heavy atom. The molecule has 0 saturated carbocycles. The molecule has 4 heteroatoms. The van der Waals surface area contributed by atoms with E-state index in [2.05, 4.69) is 5.32 Å². The average Bonchev–Trinajstić information content (AvgIpc) is 2.41. The van der Waals surface area contributed by atoms with E-state index in [-0.39, 0.29) is 11.9 Å². The fourth-order valence-electron chi connectivity index (χ4n) is 2.03. The lowest BCUT2D eigenvalue weighted by Crippen LogP contribution is -2.23. The number of carbonyl (C=O) groups excluding carboxylic acids is 1. The molecule has 0 bridgehead atoms. The summed E-state index contributed by atoms with van der Waals surface area (Å²) in [5.41, 5.74) is 2.36. The van der Waals surface area contributed by atoms with Crippen molar-refractivity contribution in [3.63, 3.8) is 0 Å². The maximum atomic E-state index is 13.2. The van der Waals surface area contributed by atoms with Crippen LogP contribution in [-0.2, 0) is 4.79 Å². The normalized spacial score (nSPS) is 12.0. The lowest BCUT2D eigenvalue weighted by Gasteiger charge is -2.13. The smallest absolute Gasteiger partial charge is 0.217 e. The van der Waals surface area contributed by atoms with Gasteiger partial charge in [-0.15, -0.1) is 0 Å². The minimum absolute atomic E-state index is 0.0912. The molecule has 104 valence electrons. The van der Waals surface area contributed by atoms with Crippen LogP contribution >= 0.6 is 0 Å². The van der Waals surface area contributed by atoms with Gasteiger partial charge in [0.25, 0.3) is 0 Å². The third kappa shape index (κ3) is 3.20. The molecule has 0 fully saturated rings. The van der Waals surface area contributed by atoms with Crippen LogP contribution in [0.3, 0.4) is 0 Å². The molecule has 0 aliphatic carbocycles. The summed E-state index contributed by atoms with van der Waals surface area (Å²) < 4.78 is 26.1. The Balaban J connectivity index is 2.23. The quantitative estimate of drug-likeness (QED) is 0.906.